The second-order valence-electron chi connectivity index (χ2n) is 3.84. The van der Waals surface area contributed by atoms with E-state index in [0.29, 0.717) is 5.82 Å². The van der Waals surface area contributed by atoms with Crippen LogP contribution in [0.15, 0.2) is 24.3 Å². The summed E-state index contributed by atoms with van der Waals surface area (Å²) in [6.07, 6.45) is 0.853. The number of anilines is 2. The molecule has 0 saturated carbocycles. The van der Waals surface area contributed by atoms with Crippen molar-refractivity contribution in [1.82, 2.24) is 14.9 Å². The fraction of sp³-hybridized carbons (Fsp3) is 0.200. The normalized spacial score (nSPS) is 18.1. The summed E-state index contributed by atoms with van der Waals surface area (Å²) in [5.41, 5.74) is 7.93. The molecular weight excluding hydrogens is 204 g/mol. The van der Waals surface area contributed by atoms with Crippen molar-refractivity contribution >= 4 is 11.6 Å². The smallest absolute Gasteiger partial charge is 0.240 e. The van der Waals surface area contributed by atoms with Gasteiger partial charge in [0, 0.05) is 12.1 Å². The van der Waals surface area contributed by atoms with Gasteiger partial charge in [-0.05, 0) is 11.6 Å². The summed E-state index contributed by atoms with van der Waals surface area (Å²) in [6, 6.07) is 8.19. The Labute approximate surface area is 92.2 Å². The van der Waals surface area contributed by atoms with Crippen molar-refractivity contribution in [3.63, 3.8) is 0 Å². The van der Waals surface area contributed by atoms with Crippen LogP contribution in [0, 0.1) is 0 Å². The van der Waals surface area contributed by atoms with E-state index in [1.165, 1.54) is 10.2 Å². The Morgan fingerprint density at radius 3 is 2.81 bits per heavy atom. The van der Waals surface area contributed by atoms with Crippen LogP contribution in [-0.2, 0) is 6.42 Å². The third kappa shape index (κ3) is 1.19. The molecule has 0 fully saturated rings. The van der Waals surface area contributed by atoms with Gasteiger partial charge in [-0.2, -0.15) is 0 Å². The molecule has 16 heavy (non-hydrogen) atoms. The highest BCUT2D eigenvalue weighted by atomic mass is 15.5. The molecule has 3 rings (SSSR count). The first-order valence-electron chi connectivity index (χ1n) is 5.06. The van der Waals surface area contributed by atoms with Crippen LogP contribution in [0.1, 0.15) is 17.4 Å². The van der Waals surface area contributed by atoms with Gasteiger partial charge in [-0.1, -0.05) is 18.2 Å². The van der Waals surface area contributed by atoms with Crippen molar-refractivity contribution in [3.8, 4) is 0 Å². The molecule has 1 atom stereocenters. The zero-order valence-electron chi connectivity index (χ0n) is 8.59. The van der Waals surface area contributed by atoms with E-state index in [1.54, 1.807) is 0 Å². The number of nitrogens with two attached hydrogens (primary N) is 2. The number of hydrogen-bond donors (Lipinski definition) is 3. The molecule has 5 N–H and O–H groups in total. The molecule has 6 nitrogen and oxygen atoms in total. The van der Waals surface area contributed by atoms with Gasteiger partial charge in [0.25, 0.3) is 0 Å². The van der Waals surface area contributed by atoms with E-state index in [4.69, 9.17) is 11.6 Å². The molecular formula is C10H12N6. The number of benzene rings is 1. The van der Waals surface area contributed by atoms with Gasteiger partial charge >= 0.3 is 0 Å². The SMILES string of the molecule is Nc1nnc([C@@H]2Cc3ccccc3N2)n1N. The lowest BCUT2D eigenvalue weighted by molar-refractivity contribution is 0.712. The molecule has 0 unspecified atom stereocenters. The molecule has 1 aliphatic rings. The van der Waals surface area contributed by atoms with Gasteiger partial charge in [-0.25, -0.2) is 4.68 Å². The van der Waals surface area contributed by atoms with E-state index >= 15 is 0 Å². The minimum atomic E-state index is 0.0483. The maximum absolute atomic E-state index is 5.74. The molecule has 1 aromatic carbocycles. The van der Waals surface area contributed by atoms with Crippen molar-refractivity contribution < 1.29 is 0 Å². The summed E-state index contributed by atoms with van der Waals surface area (Å²) in [5.74, 6) is 6.63. The molecule has 0 spiro atoms. The molecule has 6 heteroatoms. The number of hydrogen-bond acceptors (Lipinski definition) is 5. The number of nitrogens with zero attached hydrogens (tertiary/aromatic N) is 3. The van der Waals surface area contributed by atoms with Crippen LogP contribution in [0.25, 0.3) is 0 Å². The number of nitrogens with one attached hydrogen (secondary N) is 1. The van der Waals surface area contributed by atoms with E-state index in [0.717, 1.165) is 12.1 Å². The second kappa shape index (κ2) is 3.13. The van der Waals surface area contributed by atoms with Crippen molar-refractivity contribution in [2.75, 3.05) is 16.9 Å². The minimum Gasteiger partial charge on any atom is -0.375 e. The van der Waals surface area contributed by atoms with Crippen molar-refractivity contribution in [2.45, 2.75) is 12.5 Å². The summed E-state index contributed by atoms with van der Waals surface area (Å²) in [4.78, 5) is 0. The van der Waals surface area contributed by atoms with E-state index in [9.17, 15) is 0 Å². The van der Waals surface area contributed by atoms with Gasteiger partial charge in [0.2, 0.25) is 5.95 Å². The Morgan fingerprint density at radius 1 is 1.31 bits per heavy atom. The summed E-state index contributed by atoms with van der Waals surface area (Å²) in [7, 11) is 0. The Balaban J connectivity index is 1.94. The quantitative estimate of drug-likeness (QED) is 0.595. The fourth-order valence-corrected chi connectivity index (χ4v) is 2.01. The van der Waals surface area contributed by atoms with Gasteiger partial charge in [-0.15, -0.1) is 10.2 Å². The van der Waals surface area contributed by atoms with Crippen LogP contribution >= 0.6 is 0 Å². The summed E-state index contributed by atoms with van der Waals surface area (Å²) >= 11 is 0. The number of rotatable bonds is 1. The second-order valence-corrected chi connectivity index (χ2v) is 3.84. The number of fused-ring (bicyclic) bond motifs is 1. The van der Waals surface area contributed by atoms with E-state index in [2.05, 4.69) is 21.6 Å². The van der Waals surface area contributed by atoms with Gasteiger partial charge < -0.3 is 16.9 Å². The van der Waals surface area contributed by atoms with Crippen LogP contribution in [0.5, 0.6) is 0 Å². The molecule has 0 bridgehead atoms. The summed E-state index contributed by atoms with van der Waals surface area (Å²) in [5, 5.41) is 11.1. The molecule has 0 aliphatic carbocycles. The van der Waals surface area contributed by atoms with Crippen LogP contribution in [0.3, 0.4) is 0 Å². The van der Waals surface area contributed by atoms with Crippen molar-refractivity contribution in [3.05, 3.63) is 35.7 Å². The average Bonchev–Trinajstić information content (AvgIpc) is 2.84. The standard InChI is InChI=1S/C10H12N6/c11-10-15-14-9(16(10)12)8-5-6-3-1-2-4-7(6)13-8/h1-4,8,13H,5,12H2,(H2,11,15)/t8-/m0/s1. The molecule has 0 saturated heterocycles. The highest BCUT2D eigenvalue weighted by Crippen LogP contribution is 2.32. The monoisotopic (exact) mass is 216 g/mol. The first-order chi connectivity index (χ1) is 7.75. The van der Waals surface area contributed by atoms with E-state index in [-0.39, 0.29) is 12.0 Å². The third-order valence-electron chi connectivity index (χ3n) is 2.83. The fourth-order valence-electron chi connectivity index (χ4n) is 2.01. The van der Waals surface area contributed by atoms with Crippen molar-refractivity contribution in [2.24, 2.45) is 0 Å². The largest absolute Gasteiger partial charge is 0.375 e. The number of aromatic nitrogens is 3. The van der Waals surface area contributed by atoms with Gasteiger partial charge in [-0.3, -0.25) is 0 Å². The molecule has 2 aromatic rings. The van der Waals surface area contributed by atoms with Gasteiger partial charge in [0.15, 0.2) is 5.82 Å². The molecule has 0 amide bonds. The van der Waals surface area contributed by atoms with Crippen LogP contribution in [0.2, 0.25) is 0 Å². The zero-order valence-corrected chi connectivity index (χ0v) is 8.59. The Morgan fingerprint density at radius 2 is 2.12 bits per heavy atom. The summed E-state index contributed by atoms with van der Waals surface area (Å²) < 4.78 is 1.32. The maximum atomic E-state index is 5.74. The zero-order chi connectivity index (χ0) is 11.1. The number of nitrogen functional groups attached to an aromatic ring is 2. The van der Waals surface area contributed by atoms with E-state index < -0.39 is 0 Å². The summed E-state index contributed by atoms with van der Waals surface area (Å²) in [6.45, 7) is 0. The third-order valence-corrected chi connectivity index (χ3v) is 2.83. The molecule has 0 radical (unpaired) electrons. The van der Waals surface area contributed by atoms with Crippen molar-refractivity contribution in [1.29, 1.82) is 0 Å². The van der Waals surface area contributed by atoms with Crippen LogP contribution in [0.4, 0.5) is 11.6 Å². The van der Waals surface area contributed by atoms with Crippen LogP contribution < -0.4 is 16.9 Å². The lowest BCUT2D eigenvalue weighted by atomic mass is 10.1. The first-order valence-corrected chi connectivity index (χ1v) is 5.06. The van der Waals surface area contributed by atoms with Crippen LogP contribution in [-0.4, -0.2) is 14.9 Å². The van der Waals surface area contributed by atoms with E-state index in [1.807, 2.05) is 18.2 Å². The Bertz CT molecular complexity index is 507. The molecule has 82 valence electrons. The molecule has 1 aliphatic heterocycles. The Kier molecular flexibility index (Phi) is 1.76. The average molecular weight is 216 g/mol. The predicted molar refractivity (Wildman–Crippen MR) is 61.1 cm³/mol. The number of para-hydroxylation sites is 1. The Hall–Kier alpha value is -2.24. The lowest BCUT2D eigenvalue weighted by Crippen LogP contribution is -2.20. The van der Waals surface area contributed by atoms with Gasteiger partial charge in [0.1, 0.15) is 0 Å². The molecule has 1 aromatic heterocycles. The predicted octanol–water partition coefficient (Wildman–Crippen LogP) is 0.283. The topological polar surface area (TPSA) is 94.8 Å². The lowest BCUT2D eigenvalue weighted by Gasteiger charge is -2.09. The maximum Gasteiger partial charge on any atom is 0.240 e. The minimum absolute atomic E-state index is 0.0483. The highest BCUT2D eigenvalue weighted by Gasteiger charge is 2.26. The molecule has 2 heterocycles. The highest BCUT2D eigenvalue weighted by molar-refractivity contribution is 5.57. The first kappa shape index (κ1) is 9.02. The van der Waals surface area contributed by atoms with Gasteiger partial charge in [0.05, 0.1) is 6.04 Å².